The Morgan fingerprint density at radius 2 is 1.77 bits per heavy atom. The van der Waals surface area contributed by atoms with Gasteiger partial charge in [-0.2, -0.15) is 0 Å². The molecule has 2 rings (SSSR count). The molecule has 7 heteroatoms. The van der Waals surface area contributed by atoms with Gasteiger partial charge in [-0.25, -0.2) is 0 Å². The average Bonchev–Trinajstić information content (AvgIpc) is 2.53. The summed E-state index contributed by atoms with van der Waals surface area (Å²) < 4.78 is 10.5. The molecule has 0 aliphatic rings. The van der Waals surface area contributed by atoms with E-state index in [0.29, 0.717) is 17.2 Å². The van der Waals surface area contributed by atoms with Crippen molar-refractivity contribution in [1.82, 2.24) is 0 Å². The van der Waals surface area contributed by atoms with Gasteiger partial charge in [0.2, 0.25) is 0 Å². The molecule has 0 fully saturated rings. The molecule has 0 radical (unpaired) electrons. The Bertz CT molecular complexity index is 670. The fourth-order valence-electron chi connectivity index (χ4n) is 1.74. The number of non-ortho nitro benzene ring substituents is 1. The van der Waals surface area contributed by atoms with Crippen molar-refractivity contribution in [2.24, 2.45) is 0 Å². The third-order valence-electron chi connectivity index (χ3n) is 2.79. The Morgan fingerprint density at radius 3 is 2.36 bits per heavy atom. The molecular formula is C15H14N2O5. The monoisotopic (exact) mass is 302 g/mol. The highest BCUT2D eigenvalue weighted by molar-refractivity contribution is 5.92. The first-order valence-corrected chi connectivity index (χ1v) is 6.40. The number of nitro groups is 1. The summed E-state index contributed by atoms with van der Waals surface area (Å²) in [6.07, 6.45) is 0. The van der Waals surface area contributed by atoms with Crippen LogP contribution in [0.25, 0.3) is 0 Å². The van der Waals surface area contributed by atoms with Crippen LogP contribution in [0.5, 0.6) is 11.5 Å². The molecule has 0 atom stereocenters. The van der Waals surface area contributed by atoms with Crippen LogP contribution in [0.3, 0.4) is 0 Å². The van der Waals surface area contributed by atoms with E-state index in [2.05, 4.69) is 5.32 Å². The third-order valence-corrected chi connectivity index (χ3v) is 2.79. The molecule has 7 nitrogen and oxygen atoms in total. The van der Waals surface area contributed by atoms with Gasteiger partial charge >= 0.3 is 0 Å². The van der Waals surface area contributed by atoms with Gasteiger partial charge in [0.15, 0.2) is 18.1 Å². The van der Waals surface area contributed by atoms with Crippen molar-refractivity contribution in [1.29, 1.82) is 0 Å². The van der Waals surface area contributed by atoms with Crippen molar-refractivity contribution >= 4 is 17.3 Å². The zero-order valence-corrected chi connectivity index (χ0v) is 11.8. The Morgan fingerprint density at radius 1 is 1.14 bits per heavy atom. The van der Waals surface area contributed by atoms with E-state index >= 15 is 0 Å². The minimum atomic E-state index is -0.504. The third kappa shape index (κ3) is 3.95. The Kier molecular flexibility index (Phi) is 4.92. The molecule has 2 aromatic rings. The number of amides is 1. The molecule has 0 saturated heterocycles. The minimum Gasteiger partial charge on any atom is -0.493 e. The molecule has 22 heavy (non-hydrogen) atoms. The summed E-state index contributed by atoms with van der Waals surface area (Å²) >= 11 is 0. The van der Waals surface area contributed by atoms with Crippen molar-refractivity contribution in [3.8, 4) is 11.5 Å². The van der Waals surface area contributed by atoms with Crippen LogP contribution in [0, 0.1) is 10.1 Å². The lowest BCUT2D eigenvalue weighted by atomic mass is 10.3. The number of ether oxygens (including phenoxy) is 2. The molecule has 0 aromatic heterocycles. The number of rotatable bonds is 6. The van der Waals surface area contributed by atoms with Crippen LogP contribution in [-0.2, 0) is 4.79 Å². The summed E-state index contributed by atoms with van der Waals surface area (Å²) in [5, 5.41) is 13.1. The number of nitrogens with zero attached hydrogens (tertiary/aromatic N) is 1. The first kappa shape index (κ1) is 15.3. The van der Waals surface area contributed by atoms with Crippen LogP contribution in [0.2, 0.25) is 0 Å². The topological polar surface area (TPSA) is 90.7 Å². The quantitative estimate of drug-likeness (QED) is 0.654. The maximum absolute atomic E-state index is 11.8. The number of anilines is 1. The standard InChI is InChI=1S/C15H14N2O5/c1-21-13-4-2-3-5-14(13)22-10-15(18)16-11-6-8-12(9-7-11)17(19)20/h2-9H,10H2,1H3,(H,16,18). The highest BCUT2D eigenvalue weighted by atomic mass is 16.6. The number of hydrogen-bond donors (Lipinski definition) is 1. The summed E-state index contributed by atoms with van der Waals surface area (Å²) in [7, 11) is 1.51. The van der Waals surface area contributed by atoms with E-state index in [0.717, 1.165) is 0 Å². The predicted octanol–water partition coefficient (Wildman–Crippen LogP) is 2.62. The molecule has 0 heterocycles. The van der Waals surface area contributed by atoms with Crippen molar-refractivity contribution in [3.63, 3.8) is 0 Å². The molecule has 0 unspecified atom stereocenters. The first-order chi connectivity index (χ1) is 10.6. The molecular weight excluding hydrogens is 288 g/mol. The predicted molar refractivity (Wildman–Crippen MR) is 80.2 cm³/mol. The summed E-state index contributed by atoms with van der Waals surface area (Å²) in [6.45, 7) is -0.197. The minimum absolute atomic E-state index is 0.0386. The van der Waals surface area contributed by atoms with Crippen LogP contribution in [0.15, 0.2) is 48.5 Å². The number of carbonyl (C=O) groups excluding carboxylic acids is 1. The van der Waals surface area contributed by atoms with E-state index in [9.17, 15) is 14.9 Å². The second-order valence-electron chi connectivity index (χ2n) is 4.29. The molecule has 0 saturated carbocycles. The van der Waals surface area contributed by atoms with Crippen LogP contribution in [0.4, 0.5) is 11.4 Å². The zero-order valence-electron chi connectivity index (χ0n) is 11.8. The van der Waals surface area contributed by atoms with Gasteiger partial charge in [-0.3, -0.25) is 14.9 Å². The molecule has 2 aromatic carbocycles. The fourth-order valence-corrected chi connectivity index (χ4v) is 1.74. The average molecular weight is 302 g/mol. The highest BCUT2D eigenvalue weighted by Crippen LogP contribution is 2.25. The lowest BCUT2D eigenvalue weighted by molar-refractivity contribution is -0.384. The molecule has 1 N–H and O–H groups in total. The van der Waals surface area contributed by atoms with Gasteiger partial charge in [0.25, 0.3) is 11.6 Å². The number of nitro benzene ring substituents is 1. The van der Waals surface area contributed by atoms with Crippen LogP contribution < -0.4 is 14.8 Å². The molecule has 0 aliphatic heterocycles. The molecule has 0 bridgehead atoms. The maximum Gasteiger partial charge on any atom is 0.269 e. The zero-order chi connectivity index (χ0) is 15.9. The van der Waals surface area contributed by atoms with Gasteiger partial charge in [0.1, 0.15) is 0 Å². The van der Waals surface area contributed by atoms with Gasteiger partial charge in [0, 0.05) is 17.8 Å². The van der Waals surface area contributed by atoms with E-state index < -0.39 is 4.92 Å². The van der Waals surface area contributed by atoms with Crippen LogP contribution >= 0.6 is 0 Å². The summed E-state index contributed by atoms with van der Waals surface area (Å²) in [5.74, 6) is 0.620. The number of benzene rings is 2. The Hall–Kier alpha value is -3.09. The lowest BCUT2D eigenvalue weighted by Crippen LogP contribution is -2.20. The molecule has 114 valence electrons. The molecule has 1 amide bonds. The van der Waals surface area contributed by atoms with Crippen LogP contribution in [0.1, 0.15) is 0 Å². The number of para-hydroxylation sites is 2. The largest absolute Gasteiger partial charge is 0.493 e. The normalized spacial score (nSPS) is 9.86. The molecule has 0 aliphatic carbocycles. The number of hydrogen-bond acceptors (Lipinski definition) is 5. The van der Waals surface area contributed by atoms with E-state index in [1.165, 1.54) is 31.4 Å². The van der Waals surface area contributed by atoms with Gasteiger partial charge in [0.05, 0.1) is 12.0 Å². The van der Waals surface area contributed by atoms with E-state index in [-0.39, 0.29) is 18.2 Å². The van der Waals surface area contributed by atoms with Crippen molar-refractivity contribution < 1.29 is 19.2 Å². The lowest BCUT2D eigenvalue weighted by Gasteiger charge is -2.10. The van der Waals surface area contributed by atoms with Crippen molar-refractivity contribution in [2.75, 3.05) is 19.0 Å². The van der Waals surface area contributed by atoms with Gasteiger partial charge in [-0.1, -0.05) is 12.1 Å². The van der Waals surface area contributed by atoms with Gasteiger partial charge in [-0.15, -0.1) is 0 Å². The first-order valence-electron chi connectivity index (χ1n) is 6.40. The summed E-state index contributed by atoms with van der Waals surface area (Å²) in [6, 6.07) is 12.5. The van der Waals surface area contributed by atoms with Gasteiger partial charge < -0.3 is 14.8 Å². The fraction of sp³-hybridized carbons (Fsp3) is 0.133. The Labute approximate surface area is 126 Å². The SMILES string of the molecule is COc1ccccc1OCC(=O)Nc1ccc([N+](=O)[O-])cc1. The van der Waals surface area contributed by atoms with Crippen LogP contribution in [-0.4, -0.2) is 24.5 Å². The summed E-state index contributed by atoms with van der Waals surface area (Å²) in [4.78, 5) is 21.8. The van der Waals surface area contributed by atoms with Gasteiger partial charge in [-0.05, 0) is 24.3 Å². The Balaban J connectivity index is 1.91. The molecule has 0 spiro atoms. The highest BCUT2D eigenvalue weighted by Gasteiger charge is 2.09. The van der Waals surface area contributed by atoms with E-state index in [4.69, 9.17) is 9.47 Å². The second-order valence-corrected chi connectivity index (χ2v) is 4.29. The summed E-state index contributed by atoms with van der Waals surface area (Å²) in [5.41, 5.74) is 0.419. The number of methoxy groups -OCH3 is 1. The smallest absolute Gasteiger partial charge is 0.269 e. The second kappa shape index (κ2) is 7.07. The number of nitrogens with one attached hydrogen (secondary N) is 1. The number of carbonyl (C=O) groups is 1. The van der Waals surface area contributed by atoms with Crippen molar-refractivity contribution in [2.45, 2.75) is 0 Å². The van der Waals surface area contributed by atoms with E-state index in [1.807, 2.05) is 0 Å². The maximum atomic E-state index is 11.8. The van der Waals surface area contributed by atoms with Crippen molar-refractivity contribution in [3.05, 3.63) is 58.6 Å². The van der Waals surface area contributed by atoms with E-state index in [1.54, 1.807) is 24.3 Å².